The number of rotatable bonds is 2. The van der Waals surface area contributed by atoms with Crippen LogP contribution in [0.15, 0.2) is 0 Å². The third-order valence-corrected chi connectivity index (χ3v) is 5.81. The van der Waals surface area contributed by atoms with Crippen molar-refractivity contribution in [3.05, 3.63) is 0 Å². The highest BCUT2D eigenvalue weighted by Gasteiger charge is 2.41. The van der Waals surface area contributed by atoms with E-state index in [0.29, 0.717) is 11.8 Å². The third-order valence-electron chi connectivity index (χ3n) is 5.81. The molecule has 2 aliphatic carbocycles. The van der Waals surface area contributed by atoms with E-state index in [9.17, 15) is 4.79 Å². The molecule has 19 heavy (non-hydrogen) atoms. The smallest absolute Gasteiger partial charge is 0.222 e. The van der Waals surface area contributed by atoms with Crippen molar-refractivity contribution >= 4 is 5.91 Å². The maximum atomic E-state index is 12.4. The van der Waals surface area contributed by atoms with E-state index in [1.165, 1.54) is 25.7 Å². The van der Waals surface area contributed by atoms with Crippen molar-refractivity contribution < 1.29 is 4.79 Å². The fourth-order valence-electron chi connectivity index (χ4n) is 4.34. The molecular formula is C16H24N2O. The average molecular weight is 260 g/mol. The number of carbonyl (C=O) groups is 1. The molecule has 2 saturated carbocycles. The zero-order valence-corrected chi connectivity index (χ0v) is 11.9. The Hall–Kier alpha value is -1.04. The summed E-state index contributed by atoms with van der Waals surface area (Å²) >= 11 is 0. The number of fused-ring (bicyclic) bond motifs is 2. The molecule has 1 heterocycles. The molecule has 1 aliphatic heterocycles. The normalized spacial score (nSPS) is 36.2. The molecular weight excluding hydrogens is 236 g/mol. The van der Waals surface area contributed by atoms with Gasteiger partial charge in [0.05, 0.1) is 11.5 Å². The molecule has 104 valence electrons. The van der Waals surface area contributed by atoms with Crippen molar-refractivity contribution in [2.24, 2.45) is 23.2 Å². The van der Waals surface area contributed by atoms with E-state index in [4.69, 9.17) is 5.26 Å². The number of piperidine rings is 1. The molecule has 3 nitrogen and oxygen atoms in total. The van der Waals surface area contributed by atoms with Crippen molar-refractivity contribution in [1.82, 2.24) is 4.90 Å². The minimum absolute atomic E-state index is 0.205. The Balaban J connectivity index is 1.51. The second-order valence-corrected chi connectivity index (χ2v) is 7.19. The number of nitrogens with zero attached hydrogens (tertiary/aromatic N) is 2. The second kappa shape index (κ2) is 4.81. The van der Waals surface area contributed by atoms with Gasteiger partial charge in [-0.15, -0.1) is 0 Å². The lowest BCUT2D eigenvalue weighted by Gasteiger charge is -2.36. The van der Waals surface area contributed by atoms with E-state index in [0.717, 1.165) is 44.2 Å². The summed E-state index contributed by atoms with van der Waals surface area (Å²) in [6, 6.07) is 2.40. The van der Waals surface area contributed by atoms with Gasteiger partial charge in [-0.25, -0.2) is 0 Å². The van der Waals surface area contributed by atoms with Crippen LogP contribution in [0, 0.1) is 34.5 Å². The van der Waals surface area contributed by atoms with Crippen molar-refractivity contribution in [2.45, 2.75) is 51.9 Å². The zero-order chi connectivity index (χ0) is 13.5. The van der Waals surface area contributed by atoms with Gasteiger partial charge in [-0.2, -0.15) is 5.26 Å². The molecule has 2 bridgehead atoms. The highest BCUT2D eigenvalue weighted by molar-refractivity contribution is 5.76. The first-order chi connectivity index (χ1) is 9.09. The number of likely N-dealkylation sites (tertiary alicyclic amines) is 1. The molecule has 3 atom stereocenters. The predicted molar refractivity (Wildman–Crippen MR) is 73.1 cm³/mol. The van der Waals surface area contributed by atoms with E-state index in [1.54, 1.807) is 0 Å². The molecule has 0 radical (unpaired) electrons. The maximum absolute atomic E-state index is 12.4. The number of nitriles is 1. The van der Waals surface area contributed by atoms with Gasteiger partial charge < -0.3 is 4.90 Å². The highest BCUT2D eigenvalue weighted by Crippen LogP contribution is 2.49. The van der Waals surface area contributed by atoms with E-state index < -0.39 is 0 Å². The standard InChI is InChI=1S/C16H24N2O/c1-16(11-17)4-6-18(7-5-16)15(19)10-14-9-12-2-3-13(14)8-12/h12-14H,2-10H2,1H3. The molecule has 3 fully saturated rings. The molecule has 1 saturated heterocycles. The summed E-state index contributed by atoms with van der Waals surface area (Å²) in [6.45, 7) is 3.58. The molecule has 3 aliphatic rings. The number of carbonyl (C=O) groups excluding carboxylic acids is 1. The molecule has 0 N–H and O–H groups in total. The number of amides is 1. The fourth-order valence-corrected chi connectivity index (χ4v) is 4.34. The Morgan fingerprint density at radius 3 is 2.58 bits per heavy atom. The average Bonchev–Trinajstić information content (AvgIpc) is 3.02. The van der Waals surface area contributed by atoms with Gasteiger partial charge in [0.1, 0.15) is 0 Å². The Labute approximate surface area is 116 Å². The van der Waals surface area contributed by atoms with Crippen LogP contribution < -0.4 is 0 Å². The van der Waals surface area contributed by atoms with Crippen LogP contribution in [-0.4, -0.2) is 23.9 Å². The van der Waals surface area contributed by atoms with Gasteiger partial charge >= 0.3 is 0 Å². The van der Waals surface area contributed by atoms with E-state index in [-0.39, 0.29) is 5.41 Å². The molecule has 0 aromatic carbocycles. The first kappa shape index (κ1) is 13.0. The summed E-state index contributed by atoms with van der Waals surface area (Å²) in [5, 5.41) is 9.12. The van der Waals surface area contributed by atoms with Gasteiger partial charge in [0.15, 0.2) is 0 Å². The third kappa shape index (κ3) is 2.50. The Kier molecular flexibility index (Phi) is 3.28. The van der Waals surface area contributed by atoms with Crippen LogP contribution in [0.4, 0.5) is 0 Å². The van der Waals surface area contributed by atoms with Crippen molar-refractivity contribution in [1.29, 1.82) is 5.26 Å². The van der Waals surface area contributed by atoms with E-state index in [1.807, 2.05) is 11.8 Å². The van der Waals surface area contributed by atoms with Crippen LogP contribution in [0.25, 0.3) is 0 Å². The van der Waals surface area contributed by atoms with Crippen molar-refractivity contribution in [3.8, 4) is 6.07 Å². The molecule has 0 spiro atoms. The van der Waals surface area contributed by atoms with Crippen LogP contribution in [-0.2, 0) is 4.79 Å². The van der Waals surface area contributed by atoms with Gasteiger partial charge in [0, 0.05) is 19.5 Å². The van der Waals surface area contributed by atoms with Gasteiger partial charge in [-0.05, 0) is 56.8 Å². The SMILES string of the molecule is CC1(C#N)CCN(C(=O)CC2CC3CCC2C3)CC1. The maximum Gasteiger partial charge on any atom is 0.222 e. The zero-order valence-electron chi connectivity index (χ0n) is 11.9. The Bertz CT molecular complexity index is 403. The minimum atomic E-state index is -0.205. The first-order valence-electron chi connectivity index (χ1n) is 7.79. The van der Waals surface area contributed by atoms with E-state index in [2.05, 4.69) is 6.07 Å². The Morgan fingerprint density at radius 1 is 1.32 bits per heavy atom. The predicted octanol–water partition coefficient (Wildman–Crippen LogP) is 2.96. The number of hydrogen-bond acceptors (Lipinski definition) is 2. The van der Waals surface area contributed by atoms with E-state index >= 15 is 0 Å². The fraction of sp³-hybridized carbons (Fsp3) is 0.875. The summed E-state index contributed by atoms with van der Waals surface area (Å²) in [7, 11) is 0. The molecule has 0 aromatic heterocycles. The summed E-state index contributed by atoms with van der Waals surface area (Å²) in [5.74, 6) is 2.77. The molecule has 3 heteroatoms. The molecule has 3 rings (SSSR count). The monoisotopic (exact) mass is 260 g/mol. The van der Waals surface area contributed by atoms with Crippen LogP contribution in [0.3, 0.4) is 0 Å². The van der Waals surface area contributed by atoms with Crippen LogP contribution >= 0.6 is 0 Å². The molecule has 3 unspecified atom stereocenters. The van der Waals surface area contributed by atoms with Gasteiger partial charge in [0.25, 0.3) is 0 Å². The van der Waals surface area contributed by atoms with Gasteiger partial charge in [-0.1, -0.05) is 6.42 Å². The lowest BCUT2D eigenvalue weighted by molar-refractivity contribution is -0.134. The lowest BCUT2D eigenvalue weighted by atomic mass is 9.81. The molecule has 0 aromatic rings. The van der Waals surface area contributed by atoms with Crippen LogP contribution in [0.1, 0.15) is 51.9 Å². The lowest BCUT2D eigenvalue weighted by Crippen LogP contribution is -2.42. The summed E-state index contributed by atoms with van der Waals surface area (Å²) < 4.78 is 0. The van der Waals surface area contributed by atoms with Crippen LogP contribution in [0.5, 0.6) is 0 Å². The largest absolute Gasteiger partial charge is 0.343 e. The minimum Gasteiger partial charge on any atom is -0.343 e. The summed E-state index contributed by atoms with van der Waals surface area (Å²) in [5.41, 5.74) is -0.205. The van der Waals surface area contributed by atoms with Gasteiger partial charge in [0.2, 0.25) is 5.91 Å². The van der Waals surface area contributed by atoms with Gasteiger partial charge in [-0.3, -0.25) is 4.79 Å². The first-order valence-corrected chi connectivity index (χ1v) is 7.79. The number of hydrogen-bond donors (Lipinski definition) is 0. The second-order valence-electron chi connectivity index (χ2n) is 7.19. The van der Waals surface area contributed by atoms with Crippen LogP contribution in [0.2, 0.25) is 0 Å². The molecule has 1 amide bonds. The quantitative estimate of drug-likeness (QED) is 0.766. The Morgan fingerprint density at radius 2 is 2.05 bits per heavy atom. The summed E-state index contributed by atoms with van der Waals surface area (Å²) in [4.78, 5) is 14.4. The van der Waals surface area contributed by atoms with Crippen molar-refractivity contribution in [3.63, 3.8) is 0 Å². The highest BCUT2D eigenvalue weighted by atomic mass is 16.2. The summed E-state index contributed by atoms with van der Waals surface area (Å²) in [6.07, 6.45) is 7.88. The van der Waals surface area contributed by atoms with Crippen molar-refractivity contribution in [2.75, 3.05) is 13.1 Å². The topological polar surface area (TPSA) is 44.1 Å².